The summed E-state index contributed by atoms with van der Waals surface area (Å²) in [5.41, 5.74) is 10.8. The van der Waals surface area contributed by atoms with Crippen LogP contribution in [0.5, 0.6) is 5.75 Å². The molecule has 214 valence electrons. The van der Waals surface area contributed by atoms with Gasteiger partial charge in [-0.3, -0.25) is 0 Å². The van der Waals surface area contributed by atoms with E-state index < -0.39 is 6.10 Å². The fourth-order valence-corrected chi connectivity index (χ4v) is 5.84. The Labute approximate surface area is 244 Å². The molecule has 6 heteroatoms. The van der Waals surface area contributed by atoms with Gasteiger partial charge in [0.25, 0.3) is 0 Å². The van der Waals surface area contributed by atoms with Crippen LogP contribution < -0.4 is 15.8 Å². The highest BCUT2D eigenvalue weighted by molar-refractivity contribution is 5.56. The van der Waals surface area contributed by atoms with Gasteiger partial charge in [0.05, 0.1) is 12.1 Å². The molecule has 1 fully saturated rings. The number of hydrogen-bond donors (Lipinski definition) is 3. The maximum Gasteiger partial charge on any atom is 0.161 e. The second-order valence-corrected chi connectivity index (χ2v) is 11.2. The highest BCUT2D eigenvalue weighted by atomic mass is 16.5. The number of aliphatic hydroxyl groups excluding tert-OH is 1. The summed E-state index contributed by atoms with van der Waals surface area (Å²) in [4.78, 5) is 8.89. The molecule has 4 aromatic rings. The molecule has 0 bridgehead atoms. The molecular weight excluding hydrogens is 508 g/mol. The Hall–Kier alpha value is -3.74. The first-order valence-electron chi connectivity index (χ1n) is 15.0. The van der Waals surface area contributed by atoms with Crippen LogP contribution in [0, 0.1) is 0 Å². The third-order valence-electron chi connectivity index (χ3n) is 8.25. The Morgan fingerprint density at radius 2 is 1.66 bits per heavy atom. The summed E-state index contributed by atoms with van der Waals surface area (Å²) in [5.74, 6) is 2.47. The van der Waals surface area contributed by atoms with Crippen molar-refractivity contribution in [1.82, 2.24) is 9.97 Å². The molecule has 1 saturated carbocycles. The molecule has 2 atom stereocenters. The van der Waals surface area contributed by atoms with Gasteiger partial charge in [-0.05, 0) is 80.2 Å². The number of ether oxygens (including phenoxy) is 1. The van der Waals surface area contributed by atoms with E-state index in [1.165, 1.54) is 49.7 Å². The quantitative estimate of drug-likeness (QED) is 0.236. The molecule has 2 heterocycles. The number of rotatable bonds is 8. The van der Waals surface area contributed by atoms with Crippen molar-refractivity contribution in [2.45, 2.75) is 76.0 Å². The van der Waals surface area contributed by atoms with E-state index in [9.17, 15) is 5.11 Å². The summed E-state index contributed by atoms with van der Waals surface area (Å²) < 4.78 is 6.28. The minimum Gasteiger partial charge on any atom is -0.487 e. The van der Waals surface area contributed by atoms with Gasteiger partial charge in [-0.1, -0.05) is 79.7 Å². The van der Waals surface area contributed by atoms with Crippen LogP contribution in [0.3, 0.4) is 0 Å². The van der Waals surface area contributed by atoms with Crippen molar-refractivity contribution in [3.63, 3.8) is 0 Å². The Morgan fingerprint density at radius 1 is 0.927 bits per heavy atom. The molecule has 0 saturated heterocycles. The lowest BCUT2D eigenvalue weighted by molar-refractivity contribution is 0.0533. The zero-order chi connectivity index (χ0) is 28.5. The van der Waals surface area contributed by atoms with Gasteiger partial charge in [-0.25, -0.2) is 9.97 Å². The standard InChI is InChI=1S/C20H22N4O.C15H20O/c21-14-18(25)17(13-15-7-3-1-4-8-15)23-19-11-12-22-20(24-19)16-9-5-2-6-10-16;1-2-12-5-6-14-13(11-12)7-10-15(16-14)8-3-4-9-15/h1-12,17-18,25H,13-14,21H2,(H,22,23,24);5-6,11H,2-4,7-10H2,1H3. The lowest BCUT2D eigenvalue weighted by atomic mass is 9.89. The minimum absolute atomic E-state index is 0.182. The molecule has 4 N–H and O–H groups in total. The molecule has 3 aromatic carbocycles. The summed E-state index contributed by atoms with van der Waals surface area (Å²) in [7, 11) is 0. The fraction of sp³-hybridized carbons (Fsp3) is 0.371. The lowest BCUT2D eigenvalue weighted by Crippen LogP contribution is -2.40. The average Bonchev–Trinajstić information content (AvgIpc) is 3.49. The zero-order valence-electron chi connectivity index (χ0n) is 24.0. The van der Waals surface area contributed by atoms with Gasteiger partial charge in [0, 0.05) is 18.3 Å². The number of benzene rings is 3. The number of nitrogens with one attached hydrogen (secondary N) is 1. The van der Waals surface area contributed by atoms with Crippen molar-refractivity contribution < 1.29 is 9.84 Å². The molecule has 6 nitrogen and oxygen atoms in total. The number of nitrogens with two attached hydrogens (primary N) is 1. The van der Waals surface area contributed by atoms with Crippen LogP contribution in [-0.2, 0) is 19.3 Å². The van der Waals surface area contributed by atoms with Crippen LogP contribution in [0.15, 0.2) is 91.1 Å². The largest absolute Gasteiger partial charge is 0.487 e. The Bertz CT molecular complexity index is 1370. The first kappa shape index (κ1) is 28.8. The highest BCUT2D eigenvalue weighted by Gasteiger charge is 2.38. The van der Waals surface area contributed by atoms with Crippen LogP contribution in [0.4, 0.5) is 5.82 Å². The second kappa shape index (κ2) is 13.7. The molecule has 1 aromatic heterocycles. The molecule has 0 amide bonds. The van der Waals surface area contributed by atoms with Gasteiger partial charge < -0.3 is 20.9 Å². The normalized spacial score (nSPS) is 16.6. The molecular formula is C35H42N4O2. The summed E-state index contributed by atoms with van der Waals surface area (Å²) in [6.07, 6.45) is 10.5. The summed E-state index contributed by atoms with van der Waals surface area (Å²) in [6, 6.07) is 28.1. The number of anilines is 1. The lowest BCUT2D eigenvalue weighted by Gasteiger charge is -2.35. The van der Waals surface area contributed by atoms with Gasteiger partial charge in [-0.15, -0.1) is 0 Å². The fourth-order valence-electron chi connectivity index (χ4n) is 5.84. The van der Waals surface area contributed by atoms with E-state index in [1.807, 2.05) is 60.7 Å². The minimum atomic E-state index is -0.671. The predicted octanol–water partition coefficient (Wildman–Crippen LogP) is 6.37. The van der Waals surface area contributed by atoms with Crippen LogP contribution in [0.2, 0.25) is 0 Å². The summed E-state index contributed by atoms with van der Waals surface area (Å²) in [6.45, 7) is 2.39. The topological polar surface area (TPSA) is 93.3 Å². The monoisotopic (exact) mass is 550 g/mol. The van der Waals surface area contributed by atoms with Gasteiger partial charge in [-0.2, -0.15) is 0 Å². The van der Waals surface area contributed by atoms with E-state index in [4.69, 9.17) is 10.5 Å². The van der Waals surface area contributed by atoms with Crippen LogP contribution in [0.1, 0.15) is 55.7 Å². The molecule has 41 heavy (non-hydrogen) atoms. The van der Waals surface area contributed by atoms with Crippen LogP contribution in [-0.4, -0.2) is 39.4 Å². The number of fused-ring (bicyclic) bond motifs is 1. The summed E-state index contributed by atoms with van der Waals surface area (Å²) >= 11 is 0. The molecule has 1 spiro atoms. The van der Waals surface area contributed by atoms with E-state index in [0.29, 0.717) is 18.1 Å². The average molecular weight is 551 g/mol. The number of hydrogen-bond acceptors (Lipinski definition) is 6. The van der Waals surface area contributed by atoms with E-state index in [0.717, 1.165) is 23.3 Å². The van der Waals surface area contributed by atoms with E-state index >= 15 is 0 Å². The smallest absolute Gasteiger partial charge is 0.161 e. The molecule has 6 rings (SSSR count). The predicted molar refractivity (Wildman–Crippen MR) is 166 cm³/mol. The van der Waals surface area contributed by atoms with Gasteiger partial charge >= 0.3 is 0 Å². The van der Waals surface area contributed by atoms with E-state index in [2.05, 4.69) is 40.4 Å². The number of aliphatic hydroxyl groups is 1. The third-order valence-corrected chi connectivity index (χ3v) is 8.25. The van der Waals surface area contributed by atoms with Crippen molar-refractivity contribution in [2.24, 2.45) is 5.73 Å². The first-order chi connectivity index (χ1) is 20.1. The van der Waals surface area contributed by atoms with Crippen molar-refractivity contribution in [1.29, 1.82) is 0 Å². The Balaban J connectivity index is 0.000000181. The molecule has 2 aliphatic rings. The third kappa shape index (κ3) is 7.51. The first-order valence-corrected chi connectivity index (χ1v) is 15.0. The van der Waals surface area contributed by atoms with Crippen LogP contribution >= 0.6 is 0 Å². The van der Waals surface area contributed by atoms with Gasteiger partial charge in [0.2, 0.25) is 0 Å². The maximum atomic E-state index is 10.3. The maximum absolute atomic E-state index is 10.3. The van der Waals surface area contributed by atoms with E-state index in [-0.39, 0.29) is 18.2 Å². The number of aryl methyl sites for hydroxylation is 2. The van der Waals surface area contributed by atoms with Gasteiger partial charge in [0.15, 0.2) is 5.82 Å². The van der Waals surface area contributed by atoms with Crippen molar-refractivity contribution in [2.75, 3.05) is 11.9 Å². The molecule has 0 radical (unpaired) electrons. The number of aromatic nitrogens is 2. The molecule has 1 aliphatic heterocycles. The van der Waals surface area contributed by atoms with Crippen molar-refractivity contribution >= 4 is 5.82 Å². The van der Waals surface area contributed by atoms with Crippen LogP contribution in [0.25, 0.3) is 11.4 Å². The Kier molecular flexibility index (Phi) is 9.65. The highest BCUT2D eigenvalue weighted by Crippen LogP contribution is 2.43. The zero-order valence-corrected chi connectivity index (χ0v) is 24.0. The van der Waals surface area contributed by atoms with Crippen molar-refractivity contribution in [3.05, 3.63) is 108 Å². The van der Waals surface area contributed by atoms with Gasteiger partial charge in [0.1, 0.15) is 17.2 Å². The summed E-state index contributed by atoms with van der Waals surface area (Å²) in [5, 5.41) is 13.6. The van der Waals surface area contributed by atoms with E-state index in [1.54, 1.807) is 12.3 Å². The Morgan fingerprint density at radius 3 is 2.37 bits per heavy atom. The number of nitrogens with zero attached hydrogens (tertiary/aromatic N) is 2. The second-order valence-electron chi connectivity index (χ2n) is 11.2. The van der Waals surface area contributed by atoms with Crippen molar-refractivity contribution in [3.8, 4) is 17.1 Å². The SMILES string of the molecule is CCc1ccc2c(c1)CCC1(CCCC1)O2.NCC(O)C(Cc1ccccc1)Nc1ccnc(-c2ccccc2)n1. The molecule has 1 aliphatic carbocycles. The molecule has 2 unspecified atom stereocenters.